The number of amides is 1. The van der Waals surface area contributed by atoms with Crippen LogP contribution < -0.4 is 5.32 Å². The van der Waals surface area contributed by atoms with Crippen molar-refractivity contribution >= 4 is 6.09 Å². The summed E-state index contributed by atoms with van der Waals surface area (Å²) in [6.45, 7) is 2.86. The maximum Gasteiger partial charge on any atom is 0.407 e. The molecule has 3 atom stereocenters. The third-order valence-corrected chi connectivity index (χ3v) is 2.72. The van der Waals surface area contributed by atoms with E-state index >= 15 is 0 Å². The Morgan fingerprint density at radius 2 is 2.00 bits per heavy atom. The fourth-order valence-electron chi connectivity index (χ4n) is 1.53. The predicted octanol–water partition coefficient (Wildman–Crippen LogP) is 0.181. The van der Waals surface area contributed by atoms with E-state index in [1.807, 2.05) is 18.2 Å². The molecule has 0 saturated heterocycles. The average molecular weight is 281 g/mol. The van der Waals surface area contributed by atoms with Crippen molar-refractivity contribution < 1.29 is 24.9 Å². The van der Waals surface area contributed by atoms with Gasteiger partial charge in [-0.2, -0.15) is 0 Å². The third-order valence-electron chi connectivity index (χ3n) is 2.72. The van der Waals surface area contributed by atoms with E-state index in [1.165, 1.54) is 0 Å². The molecule has 1 aromatic rings. The summed E-state index contributed by atoms with van der Waals surface area (Å²) in [6, 6.07) is 8.04. The fourth-order valence-corrected chi connectivity index (χ4v) is 1.53. The monoisotopic (exact) mass is 281 g/mol. The predicted molar refractivity (Wildman–Crippen MR) is 72.8 cm³/mol. The van der Waals surface area contributed by atoms with Crippen molar-refractivity contribution in [3.8, 4) is 0 Å². The standard InChI is InChI=1S/C14H19NO5/c1-2-12(17)13(18)11(8-16)15-14(19)20-9-10-6-4-3-5-7-10/h2-7,11-13,16-18H,1,8-9H2,(H,15,19)/t11-,12+,13+/m0/s1. The molecule has 0 bridgehead atoms. The van der Waals surface area contributed by atoms with Crippen molar-refractivity contribution in [3.63, 3.8) is 0 Å². The maximum absolute atomic E-state index is 11.5. The Kier molecular flexibility index (Phi) is 6.72. The van der Waals surface area contributed by atoms with E-state index in [-0.39, 0.29) is 6.61 Å². The number of carbonyl (C=O) groups excluding carboxylic acids is 1. The summed E-state index contributed by atoms with van der Waals surface area (Å²) in [6.07, 6.45) is -2.28. The van der Waals surface area contributed by atoms with Gasteiger partial charge in [0.05, 0.1) is 18.8 Å². The van der Waals surface area contributed by atoms with Crippen LogP contribution >= 0.6 is 0 Å². The molecule has 6 nitrogen and oxygen atoms in total. The zero-order valence-corrected chi connectivity index (χ0v) is 11.0. The molecule has 110 valence electrons. The Labute approximate surface area is 117 Å². The molecule has 20 heavy (non-hydrogen) atoms. The summed E-state index contributed by atoms with van der Waals surface area (Å²) in [7, 11) is 0. The van der Waals surface area contributed by atoms with Crippen LogP contribution in [0.4, 0.5) is 4.79 Å². The van der Waals surface area contributed by atoms with Crippen LogP contribution in [0.25, 0.3) is 0 Å². The molecule has 0 fully saturated rings. The van der Waals surface area contributed by atoms with Crippen molar-refractivity contribution in [2.45, 2.75) is 24.9 Å². The van der Waals surface area contributed by atoms with Crippen molar-refractivity contribution in [3.05, 3.63) is 48.6 Å². The first-order valence-corrected chi connectivity index (χ1v) is 6.15. The molecular weight excluding hydrogens is 262 g/mol. The van der Waals surface area contributed by atoms with Gasteiger partial charge in [0.15, 0.2) is 0 Å². The van der Waals surface area contributed by atoms with Gasteiger partial charge in [-0.1, -0.05) is 36.4 Å². The molecule has 4 N–H and O–H groups in total. The van der Waals surface area contributed by atoms with Crippen LogP contribution in [0, 0.1) is 0 Å². The smallest absolute Gasteiger partial charge is 0.407 e. The lowest BCUT2D eigenvalue weighted by atomic mass is 10.1. The molecule has 0 aromatic heterocycles. The number of hydrogen-bond donors (Lipinski definition) is 4. The minimum Gasteiger partial charge on any atom is -0.445 e. The fraction of sp³-hybridized carbons (Fsp3) is 0.357. The van der Waals surface area contributed by atoms with E-state index in [9.17, 15) is 15.0 Å². The van der Waals surface area contributed by atoms with Crippen molar-refractivity contribution in [1.82, 2.24) is 5.32 Å². The van der Waals surface area contributed by atoms with Crippen LogP contribution in [0.3, 0.4) is 0 Å². The van der Waals surface area contributed by atoms with Crippen molar-refractivity contribution in [2.75, 3.05) is 6.61 Å². The van der Waals surface area contributed by atoms with E-state index in [1.54, 1.807) is 12.1 Å². The van der Waals surface area contributed by atoms with Gasteiger partial charge < -0.3 is 25.4 Å². The molecular formula is C14H19NO5. The van der Waals surface area contributed by atoms with Gasteiger partial charge in [0.25, 0.3) is 0 Å². The lowest BCUT2D eigenvalue weighted by Gasteiger charge is -2.24. The highest BCUT2D eigenvalue weighted by molar-refractivity contribution is 5.67. The molecule has 0 radical (unpaired) electrons. The number of nitrogens with one attached hydrogen (secondary N) is 1. The van der Waals surface area contributed by atoms with Gasteiger partial charge >= 0.3 is 6.09 Å². The first kappa shape index (κ1) is 16.2. The van der Waals surface area contributed by atoms with Crippen molar-refractivity contribution in [1.29, 1.82) is 0 Å². The number of aliphatic hydroxyl groups is 3. The number of hydrogen-bond acceptors (Lipinski definition) is 5. The summed E-state index contributed by atoms with van der Waals surface area (Å²) >= 11 is 0. The number of aliphatic hydroxyl groups excluding tert-OH is 3. The molecule has 0 heterocycles. The number of carbonyl (C=O) groups is 1. The third kappa shape index (κ3) is 5.00. The summed E-state index contributed by atoms with van der Waals surface area (Å²) < 4.78 is 4.94. The molecule has 6 heteroatoms. The molecule has 0 saturated carbocycles. The number of ether oxygens (including phenoxy) is 1. The highest BCUT2D eigenvalue weighted by Crippen LogP contribution is 2.03. The van der Waals surface area contributed by atoms with Crippen LogP contribution in [0.1, 0.15) is 5.56 Å². The SMILES string of the molecule is C=C[C@@H](O)[C@H](O)[C@H](CO)NC(=O)OCc1ccccc1. The summed E-state index contributed by atoms with van der Waals surface area (Å²) in [5, 5.41) is 30.4. The molecule has 1 amide bonds. The van der Waals surface area contributed by atoms with Crippen LogP contribution in [0.5, 0.6) is 0 Å². The zero-order chi connectivity index (χ0) is 15.0. The molecule has 1 aromatic carbocycles. The molecule has 0 spiro atoms. The lowest BCUT2D eigenvalue weighted by Crippen LogP contribution is -2.50. The van der Waals surface area contributed by atoms with Crippen LogP contribution in [0.15, 0.2) is 43.0 Å². The van der Waals surface area contributed by atoms with Gasteiger partial charge in [0.1, 0.15) is 12.7 Å². The van der Waals surface area contributed by atoms with Crippen LogP contribution in [-0.4, -0.2) is 46.3 Å². The number of benzene rings is 1. The van der Waals surface area contributed by atoms with Crippen molar-refractivity contribution in [2.24, 2.45) is 0 Å². The zero-order valence-electron chi connectivity index (χ0n) is 11.0. The van der Waals surface area contributed by atoms with E-state index in [2.05, 4.69) is 11.9 Å². The van der Waals surface area contributed by atoms with Gasteiger partial charge in [-0.15, -0.1) is 6.58 Å². The summed E-state index contributed by atoms with van der Waals surface area (Å²) in [4.78, 5) is 11.5. The Bertz CT molecular complexity index is 423. The highest BCUT2D eigenvalue weighted by atomic mass is 16.5. The first-order valence-electron chi connectivity index (χ1n) is 6.15. The van der Waals surface area contributed by atoms with E-state index in [0.29, 0.717) is 0 Å². The van der Waals surface area contributed by atoms with Gasteiger partial charge in [-0.3, -0.25) is 0 Å². The Morgan fingerprint density at radius 3 is 2.55 bits per heavy atom. The molecule has 0 unspecified atom stereocenters. The Balaban J connectivity index is 2.45. The topological polar surface area (TPSA) is 99.0 Å². The highest BCUT2D eigenvalue weighted by Gasteiger charge is 2.25. The van der Waals surface area contributed by atoms with Gasteiger partial charge in [-0.25, -0.2) is 4.79 Å². The normalized spacial score (nSPS) is 14.9. The second kappa shape index (κ2) is 8.31. The Morgan fingerprint density at radius 1 is 1.35 bits per heavy atom. The molecule has 1 rings (SSSR count). The molecule has 0 aliphatic rings. The molecule has 0 aliphatic carbocycles. The second-order valence-electron chi connectivity index (χ2n) is 4.21. The van der Waals surface area contributed by atoms with Crippen LogP contribution in [-0.2, 0) is 11.3 Å². The quantitative estimate of drug-likeness (QED) is 0.534. The molecule has 0 aliphatic heterocycles. The maximum atomic E-state index is 11.5. The van der Waals surface area contributed by atoms with Gasteiger partial charge in [0, 0.05) is 0 Å². The second-order valence-corrected chi connectivity index (χ2v) is 4.21. The number of alkyl carbamates (subject to hydrolysis) is 1. The van der Waals surface area contributed by atoms with E-state index < -0.39 is 30.9 Å². The summed E-state index contributed by atoms with van der Waals surface area (Å²) in [5.41, 5.74) is 0.815. The van der Waals surface area contributed by atoms with Gasteiger partial charge in [0.2, 0.25) is 0 Å². The van der Waals surface area contributed by atoms with E-state index in [4.69, 9.17) is 9.84 Å². The first-order chi connectivity index (χ1) is 9.58. The van der Waals surface area contributed by atoms with Crippen LogP contribution in [0.2, 0.25) is 0 Å². The number of rotatable bonds is 7. The largest absolute Gasteiger partial charge is 0.445 e. The lowest BCUT2D eigenvalue weighted by molar-refractivity contribution is 0.00573. The van der Waals surface area contributed by atoms with Gasteiger partial charge in [-0.05, 0) is 5.56 Å². The van der Waals surface area contributed by atoms with E-state index in [0.717, 1.165) is 11.6 Å². The average Bonchev–Trinajstić information content (AvgIpc) is 2.50. The minimum absolute atomic E-state index is 0.0743. The minimum atomic E-state index is -1.36. The summed E-state index contributed by atoms with van der Waals surface area (Å²) in [5.74, 6) is 0. The Hall–Kier alpha value is -1.89.